The number of fused-ring (bicyclic) bond motifs is 2. The molecule has 3 nitrogen and oxygen atoms in total. The van der Waals surface area contributed by atoms with E-state index in [1.54, 1.807) is 6.07 Å². The van der Waals surface area contributed by atoms with Gasteiger partial charge in [-0.25, -0.2) is 9.37 Å². The molecule has 2 aromatic heterocycles. The summed E-state index contributed by atoms with van der Waals surface area (Å²) in [5.74, 6) is -0.173. The number of hydrogen-bond acceptors (Lipinski definition) is 2. The van der Waals surface area contributed by atoms with Crippen molar-refractivity contribution in [2.75, 3.05) is 0 Å². The molecule has 0 N–H and O–H groups in total. The number of pyridine rings is 1. The quantitative estimate of drug-likeness (QED) is 0.634. The zero-order valence-corrected chi connectivity index (χ0v) is 15.3. The third kappa shape index (κ3) is 2.16. The van der Waals surface area contributed by atoms with Crippen molar-refractivity contribution in [3.8, 4) is 0 Å². The van der Waals surface area contributed by atoms with E-state index >= 15 is 0 Å². The van der Waals surface area contributed by atoms with Crippen LogP contribution < -0.4 is 0 Å². The highest BCUT2D eigenvalue weighted by Gasteiger charge is 2.45. The van der Waals surface area contributed by atoms with Gasteiger partial charge >= 0.3 is 0 Å². The second-order valence-corrected chi connectivity index (χ2v) is 7.88. The molecule has 1 aliphatic rings. The number of benzene rings is 1. The SMILES string of the molecule is Cc1ccn2c(C3=NC(C)(C)C(C)(C)c4c(F)cccc43)cnc2c1. The van der Waals surface area contributed by atoms with Crippen LogP contribution in [0.15, 0.2) is 47.7 Å². The maximum Gasteiger partial charge on any atom is 0.137 e. The molecule has 4 rings (SSSR count). The summed E-state index contributed by atoms with van der Waals surface area (Å²) >= 11 is 0. The first-order valence-electron chi connectivity index (χ1n) is 8.56. The van der Waals surface area contributed by atoms with E-state index < -0.39 is 11.0 Å². The first-order valence-corrected chi connectivity index (χ1v) is 8.56. The largest absolute Gasteiger partial charge is 0.298 e. The van der Waals surface area contributed by atoms with Crippen molar-refractivity contribution >= 4 is 11.4 Å². The van der Waals surface area contributed by atoms with Crippen molar-refractivity contribution in [1.29, 1.82) is 0 Å². The lowest BCUT2D eigenvalue weighted by Gasteiger charge is -2.44. The van der Waals surface area contributed by atoms with Gasteiger partial charge in [0, 0.05) is 22.7 Å². The summed E-state index contributed by atoms with van der Waals surface area (Å²) in [6, 6.07) is 9.34. The highest BCUT2D eigenvalue weighted by atomic mass is 19.1. The van der Waals surface area contributed by atoms with Crippen LogP contribution in [-0.2, 0) is 5.41 Å². The molecular formula is C21H22FN3. The van der Waals surface area contributed by atoms with Gasteiger partial charge in [-0.2, -0.15) is 0 Å². The minimum atomic E-state index is -0.438. The Labute approximate surface area is 147 Å². The number of hydrogen-bond donors (Lipinski definition) is 0. The molecule has 0 radical (unpaired) electrons. The minimum absolute atomic E-state index is 0.173. The lowest BCUT2D eigenvalue weighted by Crippen LogP contribution is -2.47. The van der Waals surface area contributed by atoms with E-state index in [9.17, 15) is 4.39 Å². The Hall–Kier alpha value is -2.49. The van der Waals surface area contributed by atoms with Gasteiger partial charge in [0.05, 0.1) is 23.1 Å². The molecule has 25 heavy (non-hydrogen) atoms. The van der Waals surface area contributed by atoms with Gasteiger partial charge in [0.1, 0.15) is 11.5 Å². The van der Waals surface area contributed by atoms with Crippen molar-refractivity contribution in [2.24, 2.45) is 4.99 Å². The fourth-order valence-corrected chi connectivity index (χ4v) is 3.59. The summed E-state index contributed by atoms with van der Waals surface area (Å²) < 4.78 is 16.8. The topological polar surface area (TPSA) is 29.7 Å². The molecule has 0 saturated heterocycles. The molecular weight excluding hydrogens is 313 g/mol. The Balaban J connectivity index is 2.05. The smallest absolute Gasteiger partial charge is 0.137 e. The van der Waals surface area contributed by atoms with Crippen LogP contribution in [0.3, 0.4) is 0 Å². The predicted octanol–water partition coefficient (Wildman–Crippen LogP) is 4.69. The number of aliphatic imine (C=N–C) groups is 1. The molecule has 0 unspecified atom stereocenters. The standard InChI is InChI=1S/C21H22FN3/c1-13-9-10-25-16(12-23-17(25)11-13)19-14-7-6-8-15(22)18(14)20(2,3)21(4,5)24-19/h6-12H,1-5H3. The number of imidazole rings is 1. The molecule has 3 heterocycles. The maximum atomic E-state index is 14.8. The summed E-state index contributed by atoms with van der Waals surface area (Å²) in [4.78, 5) is 9.58. The number of aromatic nitrogens is 2. The minimum Gasteiger partial charge on any atom is -0.298 e. The fraction of sp³-hybridized carbons (Fsp3) is 0.333. The average Bonchev–Trinajstić information content (AvgIpc) is 2.93. The summed E-state index contributed by atoms with van der Waals surface area (Å²) in [6.45, 7) is 10.3. The van der Waals surface area contributed by atoms with Crippen molar-refractivity contribution in [3.05, 3.63) is 70.9 Å². The molecule has 0 aliphatic carbocycles. The van der Waals surface area contributed by atoms with Crippen LogP contribution in [0.4, 0.5) is 4.39 Å². The predicted molar refractivity (Wildman–Crippen MR) is 99.1 cm³/mol. The average molecular weight is 335 g/mol. The number of rotatable bonds is 1. The Morgan fingerprint density at radius 1 is 1.08 bits per heavy atom. The van der Waals surface area contributed by atoms with E-state index in [2.05, 4.69) is 32.7 Å². The van der Waals surface area contributed by atoms with Gasteiger partial charge < -0.3 is 0 Å². The summed E-state index contributed by atoms with van der Waals surface area (Å²) in [7, 11) is 0. The van der Waals surface area contributed by atoms with Gasteiger partial charge in [-0.3, -0.25) is 9.39 Å². The Kier molecular flexibility index (Phi) is 3.21. The molecule has 3 aromatic rings. The Morgan fingerprint density at radius 3 is 2.60 bits per heavy atom. The highest BCUT2D eigenvalue weighted by Crippen LogP contribution is 2.44. The van der Waals surface area contributed by atoms with Crippen molar-refractivity contribution < 1.29 is 4.39 Å². The fourth-order valence-electron chi connectivity index (χ4n) is 3.59. The van der Waals surface area contributed by atoms with Gasteiger partial charge in [0.15, 0.2) is 0 Å². The normalized spacial score (nSPS) is 18.1. The Bertz CT molecular complexity index is 1020. The van der Waals surface area contributed by atoms with E-state index in [4.69, 9.17) is 4.99 Å². The van der Waals surface area contributed by atoms with Gasteiger partial charge in [-0.15, -0.1) is 0 Å². The first-order chi connectivity index (χ1) is 11.7. The summed E-state index contributed by atoms with van der Waals surface area (Å²) in [5, 5.41) is 0. The monoisotopic (exact) mass is 335 g/mol. The molecule has 0 spiro atoms. The van der Waals surface area contributed by atoms with Crippen LogP contribution >= 0.6 is 0 Å². The molecule has 0 fully saturated rings. The van der Waals surface area contributed by atoms with Crippen molar-refractivity contribution in [1.82, 2.24) is 9.38 Å². The van der Waals surface area contributed by atoms with E-state index in [1.165, 1.54) is 6.07 Å². The molecule has 0 saturated carbocycles. The van der Waals surface area contributed by atoms with Gasteiger partial charge in [0.2, 0.25) is 0 Å². The number of halogens is 1. The van der Waals surface area contributed by atoms with E-state index in [-0.39, 0.29) is 5.82 Å². The van der Waals surface area contributed by atoms with Gasteiger partial charge in [-0.1, -0.05) is 26.0 Å². The van der Waals surface area contributed by atoms with E-state index in [0.29, 0.717) is 0 Å². The summed E-state index contributed by atoms with van der Waals surface area (Å²) in [5.41, 5.74) is 4.46. The number of nitrogens with zero attached hydrogens (tertiary/aromatic N) is 3. The maximum absolute atomic E-state index is 14.8. The van der Waals surface area contributed by atoms with E-state index in [1.807, 2.05) is 41.9 Å². The molecule has 1 aliphatic heterocycles. The van der Waals surface area contributed by atoms with Gasteiger partial charge in [-0.05, 0) is 44.5 Å². The van der Waals surface area contributed by atoms with Crippen molar-refractivity contribution in [2.45, 2.75) is 45.6 Å². The van der Waals surface area contributed by atoms with Crippen LogP contribution in [0.5, 0.6) is 0 Å². The van der Waals surface area contributed by atoms with Crippen LogP contribution in [0.1, 0.15) is 50.1 Å². The second-order valence-electron chi connectivity index (χ2n) is 7.88. The molecule has 4 heteroatoms. The zero-order valence-electron chi connectivity index (χ0n) is 15.3. The lowest BCUT2D eigenvalue weighted by molar-refractivity contribution is 0.293. The third-order valence-corrected chi connectivity index (χ3v) is 5.73. The third-order valence-electron chi connectivity index (χ3n) is 5.73. The molecule has 0 atom stereocenters. The summed E-state index contributed by atoms with van der Waals surface area (Å²) in [6.07, 6.45) is 3.83. The van der Waals surface area contributed by atoms with E-state index in [0.717, 1.165) is 33.7 Å². The molecule has 1 aromatic carbocycles. The highest BCUT2D eigenvalue weighted by molar-refractivity contribution is 6.14. The second kappa shape index (κ2) is 5.01. The van der Waals surface area contributed by atoms with Crippen molar-refractivity contribution in [3.63, 3.8) is 0 Å². The number of aryl methyl sites for hydroxylation is 1. The zero-order chi connectivity index (χ0) is 18.0. The molecule has 0 amide bonds. The lowest BCUT2D eigenvalue weighted by atomic mass is 9.66. The first kappa shape index (κ1) is 16.0. The van der Waals surface area contributed by atoms with Gasteiger partial charge in [0.25, 0.3) is 0 Å². The molecule has 128 valence electrons. The Morgan fingerprint density at radius 2 is 1.84 bits per heavy atom. The van der Waals surface area contributed by atoms with Crippen LogP contribution in [0.2, 0.25) is 0 Å². The molecule has 0 bridgehead atoms. The van der Waals surface area contributed by atoms with Crippen LogP contribution in [0, 0.1) is 12.7 Å². The van der Waals surface area contributed by atoms with Crippen LogP contribution in [0.25, 0.3) is 5.65 Å². The van der Waals surface area contributed by atoms with Crippen LogP contribution in [-0.4, -0.2) is 20.6 Å².